The first-order valence-corrected chi connectivity index (χ1v) is 8.14. The minimum absolute atomic E-state index is 0.0690. The van der Waals surface area contributed by atoms with E-state index in [-0.39, 0.29) is 29.6 Å². The highest BCUT2D eigenvalue weighted by Crippen LogP contribution is 2.22. The van der Waals surface area contributed by atoms with Crippen molar-refractivity contribution in [2.45, 2.75) is 25.3 Å². The molecule has 3 rings (SSSR count). The fraction of sp³-hybridized carbons (Fsp3) is 0.529. The molecule has 5 nitrogen and oxygen atoms in total. The Morgan fingerprint density at radius 2 is 1.78 bits per heavy atom. The Hall–Kier alpha value is -1.95. The van der Waals surface area contributed by atoms with Crippen LogP contribution in [0.2, 0.25) is 0 Å². The zero-order valence-corrected chi connectivity index (χ0v) is 13.1. The molecule has 0 bridgehead atoms. The lowest BCUT2D eigenvalue weighted by molar-refractivity contribution is -0.135. The van der Waals surface area contributed by atoms with Gasteiger partial charge in [0.2, 0.25) is 5.91 Å². The molecule has 1 aromatic rings. The van der Waals surface area contributed by atoms with Gasteiger partial charge in [-0.2, -0.15) is 0 Å². The Kier molecular flexibility index (Phi) is 4.61. The molecule has 2 atom stereocenters. The number of hydrogen-bond donors (Lipinski definition) is 1. The molecule has 124 valence electrons. The second kappa shape index (κ2) is 6.66. The molecule has 2 aliphatic heterocycles. The highest BCUT2D eigenvalue weighted by Gasteiger charge is 2.33. The molecule has 0 radical (unpaired) electrons. The van der Waals surface area contributed by atoms with Gasteiger partial charge in [-0.3, -0.25) is 9.59 Å². The standard InChI is InChI=1S/C17H22FN3O2/c18-14-5-3-12(4-6-14)16(22)20-8-1-2-13(10-20)17(23)21-9-7-15(19)11-21/h3-6,13,15H,1-2,7-11,19H2/t13?,15-/m1/s1. The van der Waals surface area contributed by atoms with Gasteiger partial charge in [0.15, 0.2) is 0 Å². The van der Waals surface area contributed by atoms with Gasteiger partial charge >= 0.3 is 0 Å². The van der Waals surface area contributed by atoms with Gasteiger partial charge in [0.1, 0.15) is 5.82 Å². The summed E-state index contributed by atoms with van der Waals surface area (Å²) in [6, 6.07) is 5.61. The Morgan fingerprint density at radius 3 is 2.43 bits per heavy atom. The minimum atomic E-state index is -0.362. The van der Waals surface area contributed by atoms with Crippen LogP contribution in [-0.2, 0) is 4.79 Å². The molecule has 2 aliphatic rings. The number of carbonyl (C=O) groups is 2. The first-order valence-electron chi connectivity index (χ1n) is 8.14. The number of nitrogens with zero attached hydrogens (tertiary/aromatic N) is 2. The van der Waals surface area contributed by atoms with Crippen molar-refractivity contribution < 1.29 is 14.0 Å². The van der Waals surface area contributed by atoms with Crippen LogP contribution in [0.3, 0.4) is 0 Å². The maximum atomic E-state index is 13.0. The molecule has 1 unspecified atom stereocenters. The number of rotatable bonds is 2. The summed E-state index contributed by atoms with van der Waals surface area (Å²) in [5, 5.41) is 0. The third-order valence-corrected chi connectivity index (χ3v) is 4.69. The number of halogens is 1. The third kappa shape index (κ3) is 3.52. The molecule has 23 heavy (non-hydrogen) atoms. The zero-order chi connectivity index (χ0) is 16.4. The lowest BCUT2D eigenvalue weighted by Crippen LogP contribution is -2.46. The molecule has 2 heterocycles. The van der Waals surface area contributed by atoms with Crippen LogP contribution in [-0.4, -0.2) is 53.8 Å². The Morgan fingerprint density at radius 1 is 1.04 bits per heavy atom. The van der Waals surface area contributed by atoms with Crippen LogP contribution in [0.4, 0.5) is 4.39 Å². The topological polar surface area (TPSA) is 66.6 Å². The number of amides is 2. The second-order valence-electron chi connectivity index (χ2n) is 6.43. The SMILES string of the molecule is N[C@@H]1CCN(C(=O)C2CCCN(C(=O)c3ccc(F)cc3)C2)C1. The van der Waals surface area contributed by atoms with Crippen molar-refractivity contribution in [2.24, 2.45) is 11.7 Å². The molecular weight excluding hydrogens is 297 g/mol. The van der Waals surface area contributed by atoms with E-state index in [9.17, 15) is 14.0 Å². The summed E-state index contributed by atoms with van der Waals surface area (Å²) in [4.78, 5) is 28.6. The van der Waals surface area contributed by atoms with E-state index in [2.05, 4.69) is 0 Å². The minimum Gasteiger partial charge on any atom is -0.341 e. The van der Waals surface area contributed by atoms with E-state index in [1.807, 2.05) is 4.90 Å². The van der Waals surface area contributed by atoms with Crippen molar-refractivity contribution in [3.05, 3.63) is 35.6 Å². The average Bonchev–Trinajstić information content (AvgIpc) is 3.01. The summed E-state index contributed by atoms with van der Waals surface area (Å²) in [7, 11) is 0. The summed E-state index contributed by atoms with van der Waals surface area (Å²) >= 11 is 0. The monoisotopic (exact) mass is 319 g/mol. The van der Waals surface area contributed by atoms with Crippen molar-refractivity contribution in [3.8, 4) is 0 Å². The summed E-state index contributed by atoms with van der Waals surface area (Å²) in [5.41, 5.74) is 6.33. The Balaban J connectivity index is 1.64. The van der Waals surface area contributed by atoms with Crippen LogP contribution in [0.25, 0.3) is 0 Å². The number of benzene rings is 1. The van der Waals surface area contributed by atoms with Gasteiger partial charge in [0.25, 0.3) is 5.91 Å². The molecule has 0 spiro atoms. The van der Waals surface area contributed by atoms with Gasteiger partial charge < -0.3 is 15.5 Å². The predicted molar refractivity (Wildman–Crippen MR) is 84.2 cm³/mol. The van der Waals surface area contributed by atoms with Crippen LogP contribution in [0.15, 0.2) is 24.3 Å². The molecule has 0 saturated carbocycles. The quantitative estimate of drug-likeness (QED) is 0.892. The smallest absolute Gasteiger partial charge is 0.253 e. The average molecular weight is 319 g/mol. The fourth-order valence-corrected chi connectivity index (χ4v) is 3.38. The van der Waals surface area contributed by atoms with Crippen LogP contribution in [0.5, 0.6) is 0 Å². The zero-order valence-electron chi connectivity index (χ0n) is 13.1. The number of likely N-dealkylation sites (tertiary alicyclic amines) is 2. The molecule has 1 aromatic carbocycles. The van der Waals surface area contributed by atoms with Crippen molar-refractivity contribution in [2.75, 3.05) is 26.2 Å². The van der Waals surface area contributed by atoms with Gasteiger partial charge in [0, 0.05) is 37.8 Å². The fourth-order valence-electron chi connectivity index (χ4n) is 3.38. The largest absolute Gasteiger partial charge is 0.341 e. The highest BCUT2D eigenvalue weighted by molar-refractivity contribution is 5.94. The molecule has 2 N–H and O–H groups in total. The van der Waals surface area contributed by atoms with Crippen LogP contribution < -0.4 is 5.73 Å². The van der Waals surface area contributed by atoms with Crippen LogP contribution in [0, 0.1) is 11.7 Å². The number of piperidine rings is 1. The molecule has 2 amide bonds. The normalized spacial score (nSPS) is 24.8. The Labute approximate surface area is 135 Å². The van der Waals surface area contributed by atoms with Gasteiger partial charge in [-0.15, -0.1) is 0 Å². The Bertz CT molecular complexity index is 590. The van der Waals surface area contributed by atoms with E-state index in [1.54, 1.807) is 4.90 Å². The maximum absolute atomic E-state index is 13.0. The van der Waals surface area contributed by atoms with E-state index >= 15 is 0 Å². The number of nitrogens with two attached hydrogens (primary N) is 1. The van der Waals surface area contributed by atoms with Gasteiger partial charge in [-0.25, -0.2) is 4.39 Å². The van der Waals surface area contributed by atoms with E-state index in [0.717, 1.165) is 19.3 Å². The summed E-state index contributed by atoms with van der Waals surface area (Å²) in [6.45, 7) is 2.39. The van der Waals surface area contributed by atoms with Crippen molar-refractivity contribution in [3.63, 3.8) is 0 Å². The van der Waals surface area contributed by atoms with Crippen molar-refractivity contribution >= 4 is 11.8 Å². The highest BCUT2D eigenvalue weighted by atomic mass is 19.1. The number of hydrogen-bond acceptors (Lipinski definition) is 3. The molecule has 2 fully saturated rings. The molecule has 2 saturated heterocycles. The number of carbonyl (C=O) groups excluding carboxylic acids is 2. The van der Waals surface area contributed by atoms with Crippen LogP contribution >= 0.6 is 0 Å². The van der Waals surface area contributed by atoms with Gasteiger partial charge in [0.05, 0.1) is 5.92 Å². The third-order valence-electron chi connectivity index (χ3n) is 4.69. The van der Waals surface area contributed by atoms with Crippen molar-refractivity contribution in [1.29, 1.82) is 0 Å². The summed E-state index contributed by atoms with van der Waals surface area (Å²) in [6.07, 6.45) is 2.46. The van der Waals surface area contributed by atoms with Crippen molar-refractivity contribution in [1.82, 2.24) is 9.80 Å². The predicted octanol–water partition coefficient (Wildman–Crippen LogP) is 1.24. The molecular formula is C17H22FN3O2. The lowest BCUT2D eigenvalue weighted by Gasteiger charge is -2.34. The lowest BCUT2D eigenvalue weighted by atomic mass is 9.96. The molecule has 6 heteroatoms. The second-order valence-corrected chi connectivity index (χ2v) is 6.43. The summed E-state index contributed by atoms with van der Waals surface area (Å²) < 4.78 is 13.0. The van der Waals surface area contributed by atoms with Crippen LogP contribution in [0.1, 0.15) is 29.6 Å². The van der Waals surface area contributed by atoms with Gasteiger partial charge in [-0.05, 0) is 43.5 Å². The first-order chi connectivity index (χ1) is 11.0. The van der Waals surface area contributed by atoms with Gasteiger partial charge in [-0.1, -0.05) is 0 Å². The van der Waals surface area contributed by atoms with E-state index in [4.69, 9.17) is 5.73 Å². The molecule has 0 aliphatic carbocycles. The molecule has 0 aromatic heterocycles. The maximum Gasteiger partial charge on any atom is 0.253 e. The first kappa shape index (κ1) is 15.9. The van der Waals surface area contributed by atoms with E-state index in [0.29, 0.717) is 31.7 Å². The van der Waals surface area contributed by atoms with E-state index in [1.165, 1.54) is 24.3 Å². The summed E-state index contributed by atoms with van der Waals surface area (Å²) in [5.74, 6) is -0.549. The van der Waals surface area contributed by atoms with E-state index < -0.39 is 0 Å².